The number of rotatable bonds is 4. The Kier molecular flexibility index (Phi) is 4.05. The first-order chi connectivity index (χ1) is 7.19. The minimum absolute atomic E-state index is 0.116. The Morgan fingerprint density at radius 1 is 1.60 bits per heavy atom. The molecule has 0 aliphatic carbocycles. The van der Waals surface area contributed by atoms with Crippen molar-refractivity contribution in [3.05, 3.63) is 29.6 Å². The van der Waals surface area contributed by atoms with Crippen LogP contribution >= 0.6 is 0 Å². The second kappa shape index (κ2) is 5.31. The van der Waals surface area contributed by atoms with E-state index >= 15 is 0 Å². The Morgan fingerprint density at radius 2 is 2.33 bits per heavy atom. The van der Waals surface area contributed by atoms with Gasteiger partial charge in [0.25, 0.3) is 5.91 Å². The maximum Gasteiger partial charge on any atom is 0.251 e. The molecule has 0 fully saturated rings. The third-order valence-electron chi connectivity index (χ3n) is 1.84. The van der Waals surface area contributed by atoms with Crippen LogP contribution in [0.25, 0.3) is 0 Å². The molecular formula is C10H13FN2O2. The third-order valence-corrected chi connectivity index (χ3v) is 1.84. The van der Waals surface area contributed by atoms with Gasteiger partial charge in [0, 0.05) is 18.7 Å². The van der Waals surface area contributed by atoms with Gasteiger partial charge in [0.05, 0.1) is 7.11 Å². The second-order valence-corrected chi connectivity index (χ2v) is 2.89. The van der Waals surface area contributed by atoms with Gasteiger partial charge in [-0.05, 0) is 18.2 Å². The normalized spacial score (nSPS) is 9.80. The molecule has 0 heterocycles. The fourth-order valence-electron chi connectivity index (χ4n) is 1.10. The van der Waals surface area contributed by atoms with E-state index < -0.39 is 5.82 Å². The number of amides is 1. The van der Waals surface area contributed by atoms with Crippen LogP contribution in [-0.4, -0.2) is 26.1 Å². The lowest BCUT2D eigenvalue weighted by molar-refractivity contribution is 0.0954. The maximum absolute atomic E-state index is 13.2. The average molecular weight is 212 g/mol. The molecule has 0 aliphatic heterocycles. The van der Waals surface area contributed by atoms with Crippen LogP contribution in [0.15, 0.2) is 18.2 Å². The third kappa shape index (κ3) is 2.92. The lowest BCUT2D eigenvalue weighted by Crippen LogP contribution is -2.29. The van der Waals surface area contributed by atoms with Crippen molar-refractivity contribution in [3.8, 4) is 5.75 Å². The number of halogens is 1. The number of ether oxygens (including phenoxy) is 1. The molecule has 15 heavy (non-hydrogen) atoms. The highest BCUT2D eigenvalue weighted by molar-refractivity contribution is 5.94. The first-order valence-corrected chi connectivity index (χ1v) is 4.51. The molecular weight excluding hydrogens is 199 g/mol. The fraction of sp³-hybridized carbons (Fsp3) is 0.300. The highest BCUT2D eigenvalue weighted by Crippen LogP contribution is 2.17. The molecule has 1 aromatic carbocycles. The highest BCUT2D eigenvalue weighted by atomic mass is 19.1. The monoisotopic (exact) mass is 212 g/mol. The number of methoxy groups -OCH3 is 1. The van der Waals surface area contributed by atoms with Crippen molar-refractivity contribution in [2.75, 3.05) is 20.2 Å². The summed E-state index contributed by atoms with van der Waals surface area (Å²) in [7, 11) is 1.37. The van der Waals surface area contributed by atoms with E-state index in [1.807, 2.05) is 0 Å². The van der Waals surface area contributed by atoms with Crippen LogP contribution in [0, 0.1) is 5.82 Å². The Morgan fingerprint density at radius 3 is 2.87 bits per heavy atom. The molecule has 0 radical (unpaired) electrons. The largest absolute Gasteiger partial charge is 0.494 e. The number of hydrogen-bond acceptors (Lipinski definition) is 3. The second-order valence-electron chi connectivity index (χ2n) is 2.89. The van der Waals surface area contributed by atoms with Crippen LogP contribution in [0.1, 0.15) is 10.4 Å². The lowest BCUT2D eigenvalue weighted by Gasteiger charge is -2.05. The van der Waals surface area contributed by atoms with Crippen molar-refractivity contribution in [2.45, 2.75) is 0 Å². The SMILES string of the molecule is COc1ccc(C(=O)NCCN)cc1F. The zero-order chi connectivity index (χ0) is 11.3. The van der Waals surface area contributed by atoms with Crippen LogP contribution in [0.2, 0.25) is 0 Å². The summed E-state index contributed by atoms with van der Waals surface area (Å²) in [6, 6.07) is 4.03. The lowest BCUT2D eigenvalue weighted by atomic mass is 10.2. The van der Waals surface area contributed by atoms with Crippen molar-refractivity contribution in [2.24, 2.45) is 5.73 Å². The highest BCUT2D eigenvalue weighted by Gasteiger charge is 2.08. The van der Waals surface area contributed by atoms with Gasteiger partial charge >= 0.3 is 0 Å². The van der Waals surface area contributed by atoms with Crippen LogP contribution in [-0.2, 0) is 0 Å². The Labute approximate surface area is 87.2 Å². The molecule has 0 unspecified atom stereocenters. The molecule has 82 valence electrons. The predicted octanol–water partition coefficient (Wildman–Crippen LogP) is 0.523. The molecule has 0 aromatic heterocycles. The van der Waals surface area contributed by atoms with Gasteiger partial charge in [0.2, 0.25) is 0 Å². The van der Waals surface area contributed by atoms with Crippen LogP contribution in [0.3, 0.4) is 0 Å². The van der Waals surface area contributed by atoms with Gasteiger partial charge in [0.1, 0.15) is 0 Å². The van der Waals surface area contributed by atoms with Crippen molar-refractivity contribution < 1.29 is 13.9 Å². The summed E-state index contributed by atoms with van der Waals surface area (Å²) in [5.74, 6) is -0.787. The molecule has 4 nitrogen and oxygen atoms in total. The van der Waals surface area contributed by atoms with Crippen LogP contribution in [0.5, 0.6) is 5.75 Å². The number of benzene rings is 1. The van der Waals surface area contributed by atoms with Gasteiger partial charge in [-0.2, -0.15) is 0 Å². The molecule has 5 heteroatoms. The van der Waals surface area contributed by atoms with E-state index in [0.717, 1.165) is 6.07 Å². The van der Waals surface area contributed by atoms with Gasteiger partial charge in [-0.3, -0.25) is 4.79 Å². The Balaban J connectivity index is 2.78. The minimum Gasteiger partial charge on any atom is -0.494 e. The molecule has 0 bridgehead atoms. The Bertz CT molecular complexity index is 355. The smallest absolute Gasteiger partial charge is 0.251 e. The summed E-state index contributed by atoms with van der Waals surface area (Å²) < 4.78 is 17.9. The number of nitrogens with two attached hydrogens (primary N) is 1. The molecule has 0 spiro atoms. The molecule has 0 saturated carbocycles. The van der Waals surface area contributed by atoms with E-state index in [1.54, 1.807) is 0 Å². The topological polar surface area (TPSA) is 64.3 Å². The quantitative estimate of drug-likeness (QED) is 0.764. The zero-order valence-electron chi connectivity index (χ0n) is 8.42. The van der Waals surface area contributed by atoms with Gasteiger partial charge in [-0.25, -0.2) is 4.39 Å². The van der Waals surface area contributed by atoms with Gasteiger partial charge < -0.3 is 15.8 Å². The van der Waals surface area contributed by atoms with E-state index in [2.05, 4.69) is 5.32 Å². The summed E-state index contributed by atoms with van der Waals surface area (Å²) in [6.45, 7) is 0.719. The minimum atomic E-state index is -0.558. The van der Waals surface area contributed by atoms with Gasteiger partial charge in [0.15, 0.2) is 11.6 Å². The van der Waals surface area contributed by atoms with E-state index in [4.69, 9.17) is 10.5 Å². The fourth-order valence-corrected chi connectivity index (χ4v) is 1.10. The number of carbonyl (C=O) groups is 1. The molecule has 0 atom stereocenters. The van der Waals surface area contributed by atoms with Gasteiger partial charge in [-0.1, -0.05) is 0 Å². The van der Waals surface area contributed by atoms with Crippen molar-refractivity contribution in [1.29, 1.82) is 0 Å². The number of carbonyl (C=O) groups excluding carboxylic acids is 1. The summed E-state index contributed by atoms with van der Waals surface area (Å²) >= 11 is 0. The van der Waals surface area contributed by atoms with Gasteiger partial charge in [-0.15, -0.1) is 0 Å². The van der Waals surface area contributed by atoms with Crippen molar-refractivity contribution in [3.63, 3.8) is 0 Å². The first kappa shape index (κ1) is 11.5. The van der Waals surface area contributed by atoms with E-state index in [9.17, 15) is 9.18 Å². The summed E-state index contributed by atoms with van der Waals surface area (Å²) in [5, 5.41) is 2.54. The molecule has 1 aromatic rings. The summed E-state index contributed by atoms with van der Waals surface area (Å²) in [5.41, 5.74) is 5.47. The van der Waals surface area contributed by atoms with Crippen molar-refractivity contribution >= 4 is 5.91 Å². The Hall–Kier alpha value is -1.62. The zero-order valence-corrected chi connectivity index (χ0v) is 8.42. The molecule has 1 amide bonds. The summed E-state index contributed by atoms with van der Waals surface area (Å²) in [4.78, 5) is 11.4. The standard InChI is InChI=1S/C10H13FN2O2/c1-15-9-3-2-7(6-8(9)11)10(14)13-5-4-12/h2-3,6H,4-5,12H2,1H3,(H,13,14). The predicted molar refractivity (Wildman–Crippen MR) is 54.3 cm³/mol. The number of hydrogen-bond donors (Lipinski definition) is 2. The molecule has 3 N–H and O–H groups in total. The molecule has 0 saturated heterocycles. The molecule has 1 rings (SSSR count). The van der Waals surface area contributed by atoms with E-state index in [-0.39, 0.29) is 17.2 Å². The average Bonchev–Trinajstić information content (AvgIpc) is 2.25. The molecule has 0 aliphatic rings. The van der Waals surface area contributed by atoms with Crippen LogP contribution < -0.4 is 15.8 Å². The van der Waals surface area contributed by atoms with Crippen molar-refractivity contribution in [1.82, 2.24) is 5.32 Å². The van der Waals surface area contributed by atoms with Crippen LogP contribution in [0.4, 0.5) is 4.39 Å². The first-order valence-electron chi connectivity index (χ1n) is 4.51. The number of nitrogens with one attached hydrogen (secondary N) is 1. The van der Waals surface area contributed by atoms with E-state index in [0.29, 0.717) is 13.1 Å². The summed E-state index contributed by atoms with van der Waals surface area (Å²) in [6.07, 6.45) is 0. The maximum atomic E-state index is 13.2. The van der Waals surface area contributed by atoms with E-state index in [1.165, 1.54) is 19.2 Å².